The summed E-state index contributed by atoms with van der Waals surface area (Å²) in [6.45, 7) is 4.96. The molecule has 1 heterocycles. The molecule has 0 aliphatic heterocycles. The van der Waals surface area contributed by atoms with Gasteiger partial charge in [-0.3, -0.25) is 0 Å². The molecule has 1 aromatic heterocycles. The highest BCUT2D eigenvalue weighted by molar-refractivity contribution is 7.09. The van der Waals surface area contributed by atoms with Crippen LogP contribution in [0.15, 0.2) is 29.8 Å². The maximum absolute atomic E-state index is 9.19. The first kappa shape index (κ1) is 12.1. The molecule has 3 nitrogen and oxygen atoms in total. The Morgan fingerprint density at radius 2 is 2.06 bits per heavy atom. The molecule has 2 N–H and O–H groups in total. The second-order valence-electron chi connectivity index (χ2n) is 4.07. The van der Waals surface area contributed by atoms with Crippen molar-refractivity contribution in [3.8, 4) is 5.75 Å². The van der Waals surface area contributed by atoms with Crippen LogP contribution < -0.4 is 5.32 Å². The molecule has 17 heavy (non-hydrogen) atoms. The molecule has 0 radical (unpaired) electrons. The number of phenolic OH excluding ortho intramolecular Hbond substituents is 1. The third kappa shape index (κ3) is 3.05. The Hall–Kier alpha value is -1.39. The third-order valence-electron chi connectivity index (χ3n) is 2.72. The monoisotopic (exact) mass is 248 g/mol. The lowest BCUT2D eigenvalue weighted by molar-refractivity contribution is 0.474. The molecule has 0 aliphatic rings. The van der Waals surface area contributed by atoms with E-state index in [4.69, 9.17) is 0 Å². The van der Waals surface area contributed by atoms with Gasteiger partial charge in [0, 0.05) is 17.5 Å². The number of aromatic hydroxyl groups is 1. The molecule has 0 saturated heterocycles. The Morgan fingerprint density at radius 3 is 2.65 bits per heavy atom. The molecule has 1 atom stereocenters. The van der Waals surface area contributed by atoms with Crippen LogP contribution in [0.4, 0.5) is 0 Å². The van der Waals surface area contributed by atoms with Gasteiger partial charge in [0.25, 0.3) is 0 Å². The Morgan fingerprint density at radius 1 is 1.35 bits per heavy atom. The molecule has 0 fully saturated rings. The van der Waals surface area contributed by atoms with Gasteiger partial charge >= 0.3 is 0 Å². The van der Waals surface area contributed by atoms with E-state index in [9.17, 15) is 5.11 Å². The second kappa shape index (κ2) is 5.29. The lowest BCUT2D eigenvalue weighted by Crippen LogP contribution is -2.17. The van der Waals surface area contributed by atoms with Crippen molar-refractivity contribution >= 4 is 11.3 Å². The van der Waals surface area contributed by atoms with E-state index >= 15 is 0 Å². The lowest BCUT2D eigenvalue weighted by Gasteiger charge is -2.12. The summed E-state index contributed by atoms with van der Waals surface area (Å²) in [5, 5.41) is 12.6. The molecule has 90 valence electrons. The molecule has 2 rings (SSSR count). The maximum Gasteiger partial charge on any atom is 0.115 e. The Balaban J connectivity index is 1.94. The molecule has 0 bridgehead atoms. The summed E-state index contributed by atoms with van der Waals surface area (Å²) in [7, 11) is 0. The highest BCUT2D eigenvalue weighted by Gasteiger charge is 2.09. The summed E-state index contributed by atoms with van der Waals surface area (Å²) in [5.41, 5.74) is 4.14. The number of rotatable bonds is 4. The predicted molar refractivity (Wildman–Crippen MR) is 70.2 cm³/mol. The molecule has 0 spiro atoms. The van der Waals surface area contributed by atoms with E-state index in [1.165, 1.54) is 4.88 Å². The Bertz CT molecular complexity index is 478. The van der Waals surface area contributed by atoms with Crippen molar-refractivity contribution in [2.24, 2.45) is 0 Å². The maximum atomic E-state index is 9.19. The van der Waals surface area contributed by atoms with Gasteiger partial charge in [-0.15, -0.1) is 11.3 Å². The van der Waals surface area contributed by atoms with E-state index in [2.05, 4.69) is 17.2 Å². The van der Waals surface area contributed by atoms with Gasteiger partial charge < -0.3 is 10.4 Å². The largest absolute Gasteiger partial charge is 0.508 e. The van der Waals surface area contributed by atoms with Crippen molar-refractivity contribution in [1.82, 2.24) is 10.3 Å². The number of aromatic nitrogens is 1. The zero-order valence-electron chi connectivity index (χ0n) is 9.97. The summed E-state index contributed by atoms with van der Waals surface area (Å²) >= 11 is 1.68. The van der Waals surface area contributed by atoms with Gasteiger partial charge in [0.1, 0.15) is 5.75 Å². The highest BCUT2D eigenvalue weighted by Crippen LogP contribution is 2.21. The van der Waals surface area contributed by atoms with Gasteiger partial charge in [0.2, 0.25) is 0 Å². The van der Waals surface area contributed by atoms with E-state index in [0.717, 1.165) is 17.8 Å². The molecule has 2 aromatic rings. The molecular weight excluding hydrogens is 232 g/mol. The van der Waals surface area contributed by atoms with Crippen molar-refractivity contribution in [2.45, 2.75) is 26.4 Å². The van der Waals surface area contributed by atoms with Gasteiger partial charge in [-0.2, -0.15) is 0 Å². The molecule has 0 saturated carbocycles. The Kier molecular flexibility index (Phi) is 3.76. The van der Waals surface area contributed by atoms with E-state index < -0.39 is 0 Å². The number of aryl methyl sites for hydroxylation is 1. The van der Waals surface area contributed by atoms with Crippen LogP contribution in [0, 0.1) is 6.92 Å². The smallest absolute Gasteiger partial charge is 0.115 e. The zero-order valence-corrected chi connectivity index (χ0v) is 10.8. The molecule has 0 aliphatic carbocycles. The zero-order chi connectivity index (χ0) is 12.3. The van der Waals surface area contributed by atoms with Crippen LogP contribution in [0.1, 0.15) is 29.1 Å². The van der Waals surface area contributed by atoms with Gasteiger partial charge in [0.05, 0.1) is 11.2 Å². The summed E-state index contributed by atoms with van der Waals surface area (Å²) in [5.74, 6) is 0.306. The minimum Gasteiger partial charge on any atom is -0.508 e. The van der Waals surface area contributed by atoms with Crippen molar-refractivity contribution in [1.29, 1.82) is 0 Å². The Labute approximate surface area is 105 Å². The fraction of sp³-hybridized carbons (Fsp3) is 0.308. The number of nitrogens with zero attached hydrogens (tertiary/aromatic N) is 1. The molecule has 4 heteroatoms. The van der Waals surface area contributed by atoms with Gasteiger partial charge in [0.15, 0.2) is 0 Å². The number of hydrogen-bond acceptors (Lipinski definition) is 4. The summed E-state index contributed by atoms with van der Waals surface area (Å²) in [4.78, 5) is 5.53. The van der Waals surface area contributed by atoms with Crippen molar-refractivity contribution in [3.63, 3.8) is 0 Å². The number of phenols is 1. The van der Waals surface area contributed by atoms with Gasteiger partial charge in [-0.1, -0.05) is 12.1 Å². The summed E-state index contributed by atoms with van der Waals surface area (Å²) in [6.07, 6.45) is 0. The average Bonchev–Trinajstić information content (AvgIpc) is 2.74. The van der Waals surface area contributed by atoms with Crippen LogP contribution in [0.5, 0.6) is 5.75 Å². The fourth-order valence-electron chi connectivity index (χ4n) is 1.70. The van der Waals surface area contributed by atoms with Crippen LogP contribution in [-0.2, 0) is 6.54 Å². The normalized spacial score (nSPS) is 12.6. The van der Waals surface area contributed by atoms with E-state index in [0.29, 0.717) is 11.8 Å². The van der Waals surface area contributed by atoms with Crippen LogP contribution in [-0.4, -0.2) is 10.1 Å². The van der Waals surface area contributed by atoms with E-state index in [-0.39, 0.29) is 0 Å². The van der Waals surface area contributed by atoms with Crippen LogP contribution in [0.2, 0.25) is 0 Å². The first-order valence-corrected chi connectivity index (χ1v) is 6.46. The van der Waals surface area contributed by atoms with Gasteiger partial charge in [-0.05, 0) is 31.5 Å². The minimum absolute atomic E-state index is 0.302. The summed E-state index contributed by atoms with van der Waals surface area (Å²) in [6, 6.07) is 7.57. The molecular formula is C13H16N2OS. The van der Waals surface area contributed by atoms with Gasteiger partial charge in [-0.25, -0.2) is 4.98 Å². The number of nitrogens with one attached hydrogen (secondary N) is 1. The lowest BCUT2D eigenvalue weighted by atomic mass is 10.2. The van der Waals surface area contributed by atoms with Crippen LogP contribution in [0.3, 0.4) is 0 Å². The van der Waals surface area contributed by atoms with Crippen LogP contribution in [0.25, 0.3) is 0 Å². The molecule has 0 amide bonds. The summed E-state index contributed by atoms with van der Waals surface area (Å²) < 4.78 is 0. The topological polar surface area (TPSA) is 45.2 Å². The first-order chi connectivity index (χ1) is 8.16. The standard InChI is InChI=1S/C13H16N2OS/c1-9(13-10(2)15-8-17-13)14-7-11-3-5-12(16)6-4-11/h3-6,8-9,14,16H,7H2,1-2H3. The fourth-order valence-corrected chi connectivity index (χ4v) is 2.54. The van der Waals surface area contributed by atoms with Crippen LogP contribution >= 0.6 is 11.3 Å². The van der Waals surface area contributed by atoms with E-state index in [1.807, 2.05) is 24.6 Å². The second-order valence-corrected chi connectivity index (χ2v) is 4.96. The number of hydrogen-bond donors (Lipinski definition) is 2. The average molecular weight is 248 g/mol. The number of thiazole rings is 1. The highest BCUT2D eigenvalue weighted by atomic mass is 32.1. The first-order valence-electron chi connectivity index (χ1n) is 5.58. The van der Waals surface area contributed by atoms with Crippen molar-refractivity contribution in [3.05, 3.63) is 45.9 Å². The van der Waals surface area contributed by atoms with Crippen molar-refractivity contribution in [2.75, 3.05) is 0 Å². The molecule has 1 unspecified atom stereocenters. The SMILES string of the molecule is Cc1ncsc1C(C)NCc1ccc(O)cc1. The molecule has 1 aromatic carbocycles. The van der Waals surface area contributed by atoms with Crippen molar-refractivity contribution < 1.29 is 5.11 Å². The third-order valence-corrected chi connectivity index (χ3v) is 3.84. The predicted octanol–water partition coefficient (Wildman–Crippen LogP) is 3.01. The minimum atomic E-state index is 0.302. The van der Waals surface area contributed by atoms with E-state index in [1.54, 1.807) is 23.5 Å². The number of benzene rings is 1. The quantitative estimate of drug-likeness (QED) is 0.874.